The van der Waals surface area contributed by atoms with Gasteiger partial charge in [0.15, 0.2) is 4.77 Å². The third kappa shape index (κ3) is 1.66. The normalized spacial score (nSPS) is 10.2. The predicted octanol–water partition coefficient (Wildman–Crippen LogP) is 1.42. The Hall–Kier alpha value is -0.840. The zero-order chi connectivity index (χ0) is 9.14. The van der Waals surface area contributed by atoms with Crippen LogP contribution in [0.5, 0.6) is 0 Å². The highest BCUT2D eigenvalue weighted by molar-refractivity contribution is 7.71. The maximum atomic E-state index is 5.08. The predicted molar refractivity (Wildman–Crippen MR) is 52.0 cm³/mol. The second kappa shape index (κ2) is 3.71. The van der Waals surface area contributed by atoms with Crippen molar-refractivity contribution in [1.82, 2.24) is 14.8 Å². The molecule has 4 nitrogen and oxygen atoms in total. The lowest BCUT2D eigenvalue weighted by Crippen LogP contribution is -2.15. The first-order chi connectivity index (χ1) is 5.66. The highest BCUT2D eigenvalue weighted by atomic mass is 32.1. The summed E-state index contributed by atoms with van der Waals surface area (Å²) in [7, 11) is 3.91. The molecule has 5 heteroatoms. The molecule has 0 aliphatic heterocycles. The van der Waals surface area contributed by atoms with Crippen molar-refractivity contribution in [3.8, 4) is 0 Å². The van der Waals surface area contributed by atoms with Crippen molar-refractivity contribution in [3.63, 3.8) is 0 Å². The Bertz CT molecular complexity index is 299. The van der Waals surface area contributed by atoms with Crippen LogP contribution in [0.4, 0.5) is 5.95 Å². The van der Waals surface area contributed by atoms with Crippen LogP contribution in [0.1, 0.15) is 13.3 Å². The van der Waals surface area contributed by atoms with Crippen LogP contribution in [-0.4, -0.2) is 28.9 Å². The standard InChI is InChI=1S/C7H14N4S/c1-4-5-11-6(10(2)3)8-9-7(11)12/h4-5H2,1-3H3,(H,9,12). The monoisotopic (exact) mass is 186 g/mol. The van der Waals surface area contributed by atoms with Gasteiger partial charge < -0.3 is 4.90 Å². The average Bonchev–Trinajstić information content (AvgIpc) is 2.34. The first-order valence-corrected chi connectivity index (χ1v) is 4.40. The van der Waals surface area contributed by atoms with Gasteiger partial charge in [0.25, 0.3) is 0 Å². The van der Waals surface area contributed by atoms with E-state index in [1.165, 1.54) is 0 Å². The third-order valence-electron chi connectivity index (χ3n) is 1.59. The lowest BCUT2D eigenvalue weighted by molar-refractivity contribution is 0.664. The Morgan fingerprint density at radius 3 is 2.75 bits per heavy atom. The number of aromatic amines is 1. The highest BCUT2D eigenvalue weighted by Gasteiger charge is 2.05. The van der Waals surface area contributed by atoms with Crippen molar-refractivity contribution in [2.75, 3.05) is 19.0 Å². The number of rotatable bonds is 3. The lowest BCUT2D eigenvalue weighted by atomic mass is 10.5. The molecule has 12 heavy (non-hydrogen) atoms. The fourth-order valence-corrected chi connectivity index (χ4v) is 1.29. The number of H-pyrrole nitrogens is 1. The van der Waals surface area contributed by atoms with Gasteiger partial charge in [0.05, 0.1) is 0 Å². The van der Waals surface area contributed by atoms with Crippen molar-refractivity contribution in [2.45, 2.75) is 19.9 Å². The van der Waals surface area contributed by atoms with Crippen molar-refractivity contribution in [2.24, 2.45) is 0 Å². The molecule has 0 spiro atoms. The highest BCUT2D eigenvalue weighted by Crippen LogP contribution is 2.07. The largest absolute Gasteiger partial charge is 0.347 e. The smallest absolute Gasteiger partial charge is 0.225 e. The first kappa shape index (κ1) is 9.25. The maximum Gasteiger partial charge on any atom is 0.225 e. The Morgan fingerprint density at radius 2 is 2.25 bits per heavy atom. The molecule has 0 fully saturated rings. The molecule has 0 aromatic carbocycles. The SMILES string of the molecule is CCCn1c(N(C)C)n[nH]c1=S. The minimum absolute atomic E-state index is 0.695. The molecule has 68 valence electrons. The number of anilines is 1. The summed E-state index contributed by atoms with van der Waals surface area (Å²) in [6.07, 6.45) is 1.06. The molecule has 0 radical (unpaired) electrons. The van der Waals surface area contributed by atoms with Crippen LogP contribution < -0.4 is 4.90 Å². The molecular formula is C7H14N4S. The van der Waals surface area contributed by atoms with Gasteiger partial charge in [-0.3, -0.25) is 4.57 Å². The van der Waals surface area contributed by atoms with E-state index in [2.05, 4.69) is 17.1 Å². The van der Waals surface area contributed by atoms with E-state index in [0.29, 0.717) is 4.77 Å². The molecule has 0 unspecified atom stereocenters. The zero-order valence-corrected chi connectivity index (χ0v) is 8.48. The minimum Gasteiger partial charge on any atom is -0.347 e. The molecule has 1 aromatic rings. The van der Waals surface area contributed by atoms with Crippen molar-refractivity contribution in [3.05, 3.63) is 4.77 Å². The number of hydrogen-bond acceptors (Lipinski definition) is 3. The molecular weight excluding hydrogens is 172 g/mol. The molecule has 0 atom stereocenters. The average molecular weight is 186 g/mol. The van der Waals surface area contributed by atoms with Crippen molar-refractivity contribution < 1.29 is 0 Å². The second-order valence-corrected chi connectivity index (χ2v) is 3.26. The van der Waals surface area contributed by atoms with Gasteiger partial charge in [-0.1, -0.05) is 6.92 Å². The van der Waals surface area contributed by atoms with Crippen LogP contribution in [0.15, 0.2) is 0 Å². The van der Waals surface area contributed by atoms with Crippen molar-refractivity contribution in [1.29, 1.82) is 0 Å². The van der Waals surface area contributed by atoms with E-state index in [-0.39, 0.29) is 0 Å². The van der Waals surface area contributed by atoms with Crippen LogP contribution in [-0.2, 0) is 6.54 Å². The summed E-state index contributed by atoms with van der Waals surface area (Å²) in [4.78, 5) is 1.95. The summed E-state index contributed by atoms with van der Waals surface area (Å²) in [5.41, 5.74) is 0. The molecule has 1 heterocycles. The summed E-state index contributed by atoms with van der Waals surface area (Å²) in [6.45, 7) is 3.04. The van der Waals surface area contributed by atoms with Gasteiger partial charge in [0.1, 0.15) is 0 Å². The molecule has 0 aliphatic rings. The van der Waals surface area contributed by atoms with Gasteiger partial charge in [0, 0.05) is 20.6 Å². The molecule has 0 bridgehead atoms. The van der Waals surface area contributed by atoms with E-state index in [0.717, 1.165) is 18.9 Å². The fourth-order valence-electron chi connectivity index (χ4n) is 1.08. The van der Waals surface area contributed by atoms with E-state index >= 15 is 0 Å². The zero-order valence-electron chi connectivity index (χ0n) is 7.66. The summed E-state index contributed by atoms with van der Waals surface area (Å²) in [5.74, 6) is 0.891. The number of hydrogen-bond donors (Lipinski definition) is 1. The third-order valence-corrected chi connectivity index (χ3v) is 1.90. The van der Waals surface area contributed by atoms with Gasteiger partial charge in [-0.05, 0) is 18.6 Å². The first-order valence-electron chi connectivity index (χ1n) is 3.99. The van der Waals surface area contributed by atoms with E-state index < -0.39 is 0 Å². The molecule has 1 N–H and O–H groups in total. The molecule has 0 amide bonds. The molecule has 0 aliphatic carbocycles. The Balaban J connectivity index is 3.04. The van der Waals surface area contributed by atoms with E-state index in [9.17, 15) is 0 Å². The quantitative estimate of drug-likeness (QED) is 0.725. The van der Waals surface area contributed by atoms with Crippen molar-refractivity contribution >= 4 is 18.2 Å². The van der Waals surface area contributed by atoms with Gasteiger partial charge in [-0.15, -0.1) is 5.10 Å². The lowest BCUT2D eigenvalue weighted by Gasteiger charge is -2.11. The van der Waals surface area contributed by atoms with Crippen LogP contribution in [0.3, 0.4) is 0 Å². The van der Waals surface area contributed by atoms with Crippen LogP contribution >= 0.6 is 12.2 Å². The van der Waals surface area contributed by atoms with Crippen LogP contribution in [0.2, 0.25) is 0 Å². The van der Waals surface area contributed by atoms with E-state index in [4.69, 9.17) is 12.2 Å². The number of aromatic nitrogens is 3. The molecule has 0 saturated heterocycles. The number of nitrogens with one attached hydrogen (secondary N) is 1. The van der Waals surface area contributed by atoms with Crippen LogP contribution in [0, 0.1) is 4.77 Å². The summed E-state index contributed by atoms with van der Waals surface area (Å²) in [5, 5.41) is 6.88. The van der Waals surface area contributed by atoms with Gasteiger partial charge >= 0.3 is 0 Å². The topological polar surface area (TPSA) is 36.9 Å². The maximum absolute atomic E-state index is 5.08. The number of nitrogens with zero attached hydrogens (tertiary/aromatic N) is 3. The van der Waals surface area contributed by atoms with E-state index in [1.54, 1.807) is 0 Å². The van der Waals surface area contributed by atoms with Crippen LogP contribution in [0.25, 0.3) is 0 Å². The summed E-state index contributed by atoms with van der Waals surface area (Å²) >= 11 is 5.08. The minimum atomic E-state index is 0.695. The van der Waals surface area contributed by atoms with Gasteiger partial charge in [-0.2, -0.15) is 0 Å². The molecule has 0 saturated carbocycles. The fraction of sp³-hybridized carbons (Fsp3) is 0.714. The molecule has 1 aromatic heterocycles. The van der Waals surface area contributed by atoms with Gasteiger partial charge in [0.2, 0.25) is 5.95 Å². The summed E-state index contributed by atoms with van der Waals surface area (Å²) in [6, 6.07) is 0. The Labute approximate surface area is 77.2 Å². The van der Waals surface area contributed by atoms with Gasteiger partial charge in [-0.25, -0.2) is 5.10 Å². The second-order valence-electron chi connectivity index (χ2n) is 2.87. The Kier molecular flexibility index (Phi) is 2.86. The summed E-state index contributed by atoms with van der Waals surface area (Å²) < 4.78 is 2.69. The molecule has 1 rings (SSSR count). The Morgan fingerprint density at radius 1 is 1.58 bits per heavy atom. The van der Waals surface area contributed by atoms with E-state index in [1.807, 2.05) is 23.6 Å².